The molecule has 0 heterocycles. The van der Waals surface area contributed by atoms with Crippen LogP contribution in [-0.4, -0.2) is 16.8 Å². The van der Waals surface area contributed by atoms with Crippen LogP contribution in [0.25, 0.3) is 0 Å². The quantitative estimate of drug-likeness (QED) is 0.0570. The van der Waals surface area contributed by atoms with Crippen molar-refractivity contribution in [3.8, 4) is 0 Å². The fourth-order valence-corrected chi connectivity index (χ4v) is 14.4. The Hall–Kier alpha value is 0.110. The van der Waals surface area contributed by atoms with Crippen LogP contribution in [0.1, 0.15) is 335 Å². The lowest BCUT2D eigenvalue weighted by Crippen LogP contribution is -2.43. The molecular weight excluding hydrogens is 816 g/mol. The van der Waals surface area contributed by atoms with Gasteiger partial charge in [0.2, 0.25) is 0 Å². The molecule has 0 saturated heterocycles. The molecule has 5 heteroatoms. The standard InChI is InChI=1S/C60H123O4P/c1-16-31-37-52(25-10)46-58(43-22-7,47-53(26-11)38-32-17-2)62-65(61,63-59(44-23-8,48-54(27-12)39-33-18-3)49-55(28-13)40-34-19-4)64-60(45-24-9,50-56(29-14)41-35-20-5)51-57(30-15)42-36-21-6/h52-57H,16-51H2,1-15H3. The van der Waals surface area contributed by atoms with E-state index in [1.54, 1.807) is 0 Å². The van der Waals surface area contributed by atoms with Crippen molar-refractivity contribution in [2.45, 2.75) is 352 Å². The molecule has 0 N–H and O–H groups in total. The Morgan fingerprint density at radius 3 is 0.585 bits per heavy atom. The first-order chi connectivity index (χ1) is 31.3. The second kappa shape index (κ2) is 38.8. The van der Waals surface area contributed by atoms with Crippen LogP contribution in [0.3, 0.4) is 0 Å². The molecule has 65 heavy (non-hydrogen) atoms. The molecule has 0 aromatic rings. The second-order valence-corrected chi connectivity index (χ2v) is 23.7. The third-order valence-corrected chi connectivity index (χ3v) is 18.1. The summed E-state index contributed by atoms with van der Waals surface area (Å²) in [5.74, 6) is 3.13. The monoisotopic (exact) mass is 939 g/mol. The first-order valence-electron chi connectivity index (χ1n) is 30.0. The molecule has 0 radical (unpaired) electrons. The number of hydrogen-bond acceptors (Lipinski definition) is 4. The first kappa shape index (κ1) is 65.1. The molecule has 0 amide bonds. The summed E-state index contributed by atoms with van der Waals surface area (Å²) in [6, 6.07) is 0. The summed E-state index contributed by atoms with van der Waals surface area (Å²) in [6.07, 6.45) is 40.0. The molecule has 0 aliphatic rings. The van der Waals surface area contributed by atoms with Crippen molar-refractivity contribution in [3.05, 3.63) is 0 Å². The van der Waals surface area contributed by atoms with E-state index < -0.39 is 24.6 Å². The Balaban J connectivity index is 8.76. The molecule has 6 atom stereocenters. The number of rotatable bonds is 48. The van der Waals surface area contributed by atoms with Gasteiger partial charge in [-0.15, -0.1) is 0 Å². The van der Waals surface area contributed by atoms with Crippen LogP contribution < -0.4 is 0 Å². The zero-order chi connectivity index (χ0) is 49.0. The first-order valence-corrected chi connectivity index (χ1v) is 31.4. The van der Waals surface area contributed by atoms with E-state index in [9.17, 15) is 0 Å². The van der Waals surface area contributed by atoms with E-state index in [0.717, 1.165) is 116 Å². The summed E-state index contributed by atoms with van der Waals surface area (Å²) >= 11 is 0. The maximum Gasteiger partial charge on any atom is 0.476 e. The Labute approximate surface area is 411 Å². The van der Waals surface area contributed by atoms with Crippen LogP contribution in [0.2, 0.25) is 0 Å². The summed E-state index contributed by atoms with van der Waals surface area (Å²) in [5, 5.41) is 0. The predicted molar refractivity (Wildman–Crippen MR) is 291 cm³/mol. The van der Waals surface area contributed by atoms with Crippen molar-refractivity contribution in [2.24, 2.45) is 35.5 Å². The highest BCUT2D eigenvalue weighted by Gasteiger charge is 2.52. The second-order valence-electron chi connectivity index (χ2n) is 22.2. The van der Waals surface area contributed by atoms with Gasteiger partial charge in [-0.3, -0.25) is 13.6 Å². The van der Waals surface area contributed by atoms with E-state index in [0.29, 0.717) is 35.5 Å². The summed E-state index contributed by atoms with van der Waals surface area (Å²) in [6.45, 7) is 35.4. The fourth-order valence-electron chi connectivity index (χ4n) is 12.2. The Bertz CT molecular complexity index is 920. The molecule has 392 valence electrons. The topological polar surface area (TPSA) is 44.8 Å². The molecule has 0 aromatic carbocycles. The van der Waals surface area contributed by atoms with Gasteiger partial charge in [0.25, 0.3) is 0 Å². The van der Waals surface area contributed by atoms with Crippen LogP contribution in [-0.2, 0) is 18.1 Å². The number of unbranched alkanes of at least 4 members (excludes halogenated alkanes) is 6. The van der Waals surface area contributed by atoms with Crippen LogP contribution in [0.5, 0.6) is 0 Å². The molecule has 6 unspecified atom stereocenters. The molecule has 0 fully saturated rings. The van der Waals surface area contributed by atoms with Crippen molar-refractivity contribution in [1.29, 1.82) is 0 Å². The molecule has 0 aromatic heterocycles. The number of phosphoric ester groups is 1. The normalized spacial score (nSPS) is 18.8. The van der Waals surface area contributed by atoms with Crippen LogP contribution >= 0.6 is 7.82 Å². The molecule has 4 nitrogen and oxygen atoms in total. The maximum absolute atomic E-state index is 17.5. The van der Waals surface area contributed by atoms with Gasteiger partial charge in [0.05, 0.1) is 16.8 Å². The van der Waals surface area contributed by atoms with E-state index in [1.807, 2.05) is 0 Å². The molecule has 0 spiro atoms. The fraction of sp³-hybridized carbons (Fsp3) is 1.00. The predicted octanol–water partition coefficient (Wildman–Crippen LogP) is 22.4. The third kappa shape index (κ3) is 26.8. The van der Waals surface area contributed by atoms with Crippen LogP contribution in [0.4, 0.5) is 0 Å². The van der Waals surface area contributed by atoms with Crippen molar-refractivity contribution in [2.75, 3.05) is 0 Å². The molecule has 0 rings (SSSR count). The van der Waals surface area contributed by atoms with Gasteiger partial charge in [-0.05, 0) is 93.3 Å². The summed E-state index contributed by atoms with van der Waals surface area (Å²) in [5.41, 5.74) is -1.71. The average molecular weight is 940 g/mol. The Morgan fingerprint density at radius 1 is 0.292 bits per heavy atom. The highest BCUT2D eigenvalue weighted by atomic mass is 31.2. The Morgan fingerprint density at radius 2 is 0.462 bits per heavy atom. The zero-order valence-electron chi connectivity index (χ0n) is 47.5. The largest absolute Gasteiger partial charge is 0.476 e. The minimum atomic E-state index is -4.23. The average Bonchev–Trinajstić information content (AvgIpc) is 3.29. The van der Waals surface area contributed by atoms with E-state index in [2.05, 4.69) is 104 Å². The minimum absolute atomic E-state index is 0.522. The van der Waals surface area contributed by atoms with Gasteiger partial charge >= 0.3 is 7.82 Å². The van der Waals surface area contributed by atoms with Gasteiger partial charge in [-0.1, -0.05) is 277 Å². The lowest BCUT2D eigenvalue weighted by Gasteiger charge is -2.48. The van der Waals surface area contributed by atoms with Gasteiger partial charge < -0.3 is 0 Å². The summed E-state index contributed by atoms with van der Waals surface area (Å²) < 4.78 is 41.5. The van der Waals surface area contributed by atoms with Gasteiger partial charge in [0, 0.05) is 0 Å². The SMILES string of the molecule is CCCCC(CC)CC(CCC)(CC(CC)CCCC)OP(=O)(OC(CCC)(CC(CC)CCCC)CC(CC)CCCC)OC(CCC)(CC(CC)CCCC)CC(CC)CCCC. The van der Waals surface area contributed by atoms with Gasteiger partial charge in [0.1, 0.15) is 0 Å². The highest BCUT2D eigenvalue weighted by Crippen LogP contribution is 2.65. The van der Waals surface area contributed by atoms with E-state index >= 15 is 4.57 Å². The zero-order valence-corrected chi connectivity index (χ0v) is 48.4. The molecule has 0 saturated carbocycles. The molecular formula is C60H123O4P. The van der Waals surface area contributed by atoms with Crippen molar-refractivity contribution >= 4 is 7.82 Å². The van der Waals surface area contributed by atoms with E-state index in [-0.39, 0.29) is 0 Å². The smallest absolute Gasteiger partial charge is 0.280 e. The molecule has 0 aliphatic heterocycles. The highest BCUT2D eigenvalue weighted by molar-refractivity contribution is 7.48. The maximum atomic E-state index is 17.5. The molecule has 0 aliphatic carbocycles. The van der Waals surface area contributed by atoms with E-state index in [1.165, 1.54) is 116 Å². The van der Waals surface area contributed by atoms with Crippen LogP contribution in [0, 0.1) is 35.5 Å². The van der Waals surface area contributed by atoms with Crippen molar-refractivity contribution < 1.29 is 18.1 Å². The van der Waals surface area contributed by atoms with E-state index in [4.69, 9.17) is 13.6 Å². The number of phosphoric acid groups is 1. The van der Waals surface area contributed by atoms with Gasteiger partial charge in [0.15, 0.2) is 0 Å². The number of hydrogen-bond donors (Lipinski definition) is 0. The van der Waals surface area contributed by atoms with Crippen molar-refractivity contribution in [3.63, 3.8) is 0 Å². The third-order valence-electron chi connectivity index (χ3n) is 16.3. The van der Waals surface area contributed by atoms with Crippen LogP contribution in [0.15, 0.2) is 0 Å². The van der Waals surface area contributed by atoms with Gasteiger partial charge in [-0.2, -0.15) is 0 Å². The lowest BCUT2D eigenvalue weighted by atomic mass is 9.76. The molecule has 0 bridgehead atoms. The summed E-state index contributed by atoms with van der Waals surface area (Å²) in [7, 11) is -4.23. The Kier molecular flexibility index (Phi) is 38.9. The van der Waals surface area contributed by atoms with Crippen molar-refractivity contribution in [1.82, 2.24) is 0 Å². The minimum Gasteiger partial charge on any atom is -0.280 e. The van der Waals surface area contributed by atoms with Gasteiger partial charge in [-0.25, -0.2) is 4.57 Å². The lowest BCUT2D eigenvalue weighted by molar-refractivity contribution is -0.107. The summed E-state index contributed by atoms with van der Waals surface area (Å²) in [4.78, 5) is 0.